The predicted octanol–water partition coefficient (Wildman–Crippen LogP) is 3.30. The fraction of sp³-hybridized carbons (Fsp3) is 0.286. The third kappa shape index (κ3) is 5.22. The number of aromatic nitrogens is 1. The van der Waals surface area contributed by atoms with Gasteiger partial charge in [-0.25, -0.2) is 4.98 Å². The summed E-state index contributed by atoms with van der Waals surface area (Å²) >= 11 is 9.00. The number of nitrogens with two attached hydrogens (primary N) is 1. The second kappa shape index (κ2) is 7.68. The third-order valence-electron chi connectivity index (χ3n) is 2.58. The number of carbonyl (C=O) groups is 1. The normalized spacial score (nSPS) is 10.6. The molecule has 0 saturated carbocycles. The summed E-state index contributed by atoms with van der Waals surface area (Å²) in [6, 6.07) is 7.31. The first-order valence-electron chi connectivity index (χ1n) is 6.30. The van der Waals surface area contributed by atoms with Gasteiger partial charge in [0, 0.05) is 15.7 Å². The molecule has 0 fully saturated rings. The Morgan fingerprint density at radius 3 is 3.05 bits per heavy atom. The number of thiazole rings is 1. The molecule has 1 heterocycles. The van der Waals surface area contributed by atoms with Crippen LogP contribution in [0.1, 0.15) is 10.6 Å². The highest BCUT2D eigenvalue weighted by molar-refractivity contribution is 8.01. The first-order valence-corrected chi connectivity index (χ1v) is 8.48. The Labute approximate surface area is 136 Å². The first kappa shape index (κ1) is 16.1. The number of carbonyl (C=O) groups excluding carboxylic acids is 1. The van der Waals surface area contributed by atoms with E-state index in [0.29, 0.717) is 11.6 Å². The van der Waals surface area contributed by atoms with Gasteiger partial charge in [-0.15, -0.1) is 11.3 Å². The highest BCUT2D eigenvalue weighted by Crippen LogP contribution is 2.27. The molecule has 0 aliphatic heterocycles. The van der Waals surface area contributed by atoms with Gasteiger partial charge in [-0.1, -0.05) is 29.4 Å². The molecule has 4 nitrogen and oxygen atoms in total. The summed E-state index contributed by atoms with van der Waals surface area (Å²) in [5.74, 6) is 1.20. The largest absolute Gasteiger partial charge is 0.493 e. The van der Waals surface area contributed by atoms with E-state index in [1.54, 1.807) is 17.8 Å². The van der Waals surface area contributed by atoms with Crippen LogP contribution in [-0.2, 0) is 11.2 Å². The van der Waals surface area contributed by atoms with E-state index in [0.717, 1.165) is 26.4 Å². The van der Waals surface area contributed by atoms with Gasteiger partial charge in [-0.3, -0.25) is 4.79 Å². The van der Waals surface area contributed by atoms with Crippen LogP contribution < -0.4 is 10.5 Å². The zero-order valence-electron chi connectivity index (χ0n) is 11.5. The first-order chi connectivity index (χ1) is 10.0. The van der Waals surface area contributed by atoms with Crippen LogP contribution in [0.25, 0.3) is 0 Å². The van der Waals surface area contributed by atoms with Gasteiger partial charge < -0.3 is 10.5 Å². The highest BCUT2D eigenvalue weighted by Gasteiger charge is 2.10. The molecule has 7 heteroatoms. The number of hydrogen-bond acceptors (Lipinski definition) is 5. The molecule has 2 aromatic rings. The average molecular weight is 343 g/mol. The Hall–Kier alpha value is -1.24. The molecule has 1 aromatic heterocycles. The van der Waals surface area contributed by atoms with Crippen molar-refractivity contribution in [2.24, 2.45) is 5.73 Å². The average Bonchev–Trinajstić information content (AvgIpc) is 2.75. The van der Waals surface area contributed by atoms with Crippen LogP contribution in [0.3, 0.4) is 0 Å². The van der Waals surface area contributed by atoms with Gasteiger partial charge >= 0.3 is 0 Å². The summed E-state index contributed by atoms with van der Waals surface area (Å²) in [4.78, 5) is 16.3. The van der Waals surface area contributed by atoms with E-state index >= 15 is 0 Å². The van der Waals surface area contributed by atoms with Crippen LogP contribution in [0.2, 0.25) is 5.02 Å². The molecule has 112 valence electrons. The summed E-state index contributed by atoms with van der Waals surface area (Å²) in [6.07, 6.45) is 0.253. The van der Waals surface area contributed by atoms with Crippen LogP contribution in [0.15, 0.2) is 28.6 Å². The Morgan fingerprint density at radius 2 is 2.33 bits per heavy atom. The maximum Gasteiger partial charge on any atom is 0.222 e. The Morgan fingerprint density at radius 1 is 1.52 bits per heavy atom. The van der Waals surface area contributed by atoms with Crippen molar-refractivity contribution in [3.05, 3.63) is 39.9 Å². The fourth-order valence-electron chi connectivity index (χ4n) is 1.63. The van der Waals surface area contributed by atoms with Gasteiger partial charge in [0.25, 0.3) is 0 Å². The number of nitrogens with zero attached hydrogens (tertiary/aromatic N) is 1. The van der Waals surface area contributed by atoms with E-state index < -0.39 is 0 Å². The Balaban J connectivity index is 1.79. The molecule has 21 heavy (non-hydrogen) atoms. The van der Waals surface area contributed by atoms with E-state index in [9.17, 15) is 4.79 Å². The van der Waals surface area contributed by atoms with Gasteiger partial charge in [0.15, 0.2) is 4.34 Å². The number of ether oxygens (including phenoxy) is 1. The van der Waals surface area contributed by atoms with Gasteiger partial charge in [0.1, 0.15) is 5.75 Å². The van der Waals surface area contributed by atoms with Crippen LogP contribution in [0.4, 0.5) is 0 Å². The number of amides is 1. The lowest BCUT2D eigenvalue weighted by Crippen LogP contribution is -2.13. The molecule has 0 saturated heterocycles. The molecule has 0 atom stereocenters. The smallest absolute Gasteiger partial charge is 0.222 e. The molecular formula is C14H15ClN2O2S2. The molecule has 0 aliphatic carbocycles. The van der Waals surface area contributed by atoms with Crippen molar-refractivity contribution < 1.29 is 9.53 Å². The van der Waals surface area contributed by atoms with Crippen molar-refractivity contribution in [1.29, 1.82) is 0 Å². The summed E-state index contributed by atoms with van der Waals surface area (Å²) in [5, 5.41) is 0.659. The molecule has 1 aromatic carbocycles. The second-order valence-electron chi connectivity index (χ2n) is 4.29. The van der Waals surface area contributed by atoms with Crippen molar-refractivity contribution in [2.75, 3.05) is 12.4 Å². The SMILES string of the molecule is Cc1nc(SCCOc2cccc(Cl)c2)sc1CC(N)=O. The molecule has 0 aliphatic rings. The third-order valence-corrected chi connectivity index (χ3v) is 5.08. The van der Waals surface area contributed by atoms with E-state index in [1.165, 1.54) is 11.3 Å². The monoisotopic (exact) mass is 342 g/mol. The minimum absolute atomic E-state index is 0.253. The number of aryl methyl sites for hydroxylation is 1. The van der Waals surface area contributed by atoms with Crippen molar-refractivity contribution in [2.45, 2.75) is 17.7 Å². The van der Waals surface area contributed by atoms with Gasteiger partial charge in [-0.05, 0) is 25.1 Å². The van der Waals surface area contributed by atoms with Crippen molar-refractivity contribution in [3.8, 4) is 5.75 Å². The van der Waals surface area contributed by atoms with Crippen LogP contribution in [0, 0.1) is 6.92 Å². The summed E-state index contributed by atoms with van der Waals surface area (Å²) in [6.45, 7) is 2.45. The topological polar surface area (TPSA) is 65.2 Å². The van der Waals surface area contributed by atoms with Crippen molar-refractivity contribution in [1.82, 2.24) is 4.98 Å². The molecule has 0 radical (unpaired) electrons. The molecule has 2 N–H and O–H groups in total. The van der Waals surface area contributed by atoms with E-state index in [2.05, 4.69) is 4.98 Å². The number of hydrogen-bond donors (Lipinski definition) is 1. The number of thioether (sulfide) groups is 1. The maximum atomic E-state index is 10.9. The quantitative estimate of drug-likeness (QED) is 0.619. The number of benzene rings is 1. The lowest BCUT2D eigenvalue weighted by molar-refractivity contribution is -0.117. The standard InChI is InChI=1S/C14H15ClN2O2S2/c1-9-12(8-13(16)18)21-14(17-9)20-6-5-19-11-4-2-3-10(15)7-11/h2-4,7H,5-6,8H2,1H3,(H2,16,18). The molecule has 0 unspecified atom stereocenters. The van der Waals surface area contributed by atoms with Crippen LogP contribution in [0.5, 0.6) is 5.75 Å². The molecule has 0 bridgehead atoms. The lowest BCUT2D eigenvalue weighted by Gasteiger charge is -2.05. The minimum atomic E-state index is -0.331. The number of primary amides is 1. The van der Waals surface area contributed by atoms with Gasteiger partial charge in [-0.2, -0.15) is 0 Å². The number of rotatable bonds is 7. The van der Waals surface area contributed by atoms with E-state index in [1.807, 2.05) is 25.1 Å². The number of halogens is 1. The summed E-state index contributed by atoms with van der Waals surface area (Å²) in [7, 11) is 0. The van der Waals surface area contributed by atoms with Gasteiger partial charge in [0.2, 0.25) is 5.91 Å². The molecule has 2 rings (SSSR count). The summed E-state index contributed by atoms with van der Waals surface area (Å²) < 4.78 is 6.54. The molecular weight excluding hydrogens is 328 g/mol. The molecule has 1 amide bonds. The van der Waals surface area contributed by atoms with Crippen molar-refractivity contribution >= 4 is 40.6 Å². The van der Waals surface area contributed by atoms with E-state index in [4.69, 9.17) is 22.1 Å². The maximum absolute atomic E-state index is 10.9. The van der Waals surface area contributed by atoms with Crippen molar-refractivity contribution in [3.63, 3.8) is 0 Å². The second-order valence-corrected chi connectivity index (χ2v) is 7.15. The Kier molecular flexibility index (Phi) is 5.90. The lowest BCUT2D eigenvalue weighted by atomic mass is 10.3. The highest BCUT2D eigenvalue weighted by atomic mass is 35.5. The summed E-state index contributed by atoms with van der Waals surface area (Å²) in [5.41, 5.74) is 6.08. The van der Waals surface area contributed by atoms with Gasteiger partial charge in [0.05, 0.1) is 18.7 Å². The van der Waals surface area contributed by atoms with Crippen LogP contribution in [-0.4, -0.2) is 23.3 Å². The Bertz CT molecular complexity index is 631. The zero-order chi connectivity index (χ0) is 15.2. The van der Waals surface area contributed by atoms with Crippen LogP contribution >= 0.6 is 34.7 Å². The molecule has 0 spiro atoms. The zero-order valence-corrected chi connectivity index (χ0v) is 13.9. The minimum Gasteiger partial charge on any atom is -0.493 e. The predicted molar refractivity (Wildman–Crippen MR) is 87.4 cm³/mol. The fourth-order valence-corrected chi connectivity index (χ4v) is 3.94. The van der Waals surface area contributed by atoms with E-state index in [-0.39, 0.29) is 12.3 Å².